The van der Waals surface area contributed by atoms with Crippen molar-refractivity contribution in [2.75, 3.05) is 0 Å². The summed E-state index contributed by atoms with van der Waals surface area (Å²) in [6.07, 6.45) is 2.10. The molecule has 0 unspecified atom stereocenters. The molecule has 0 aliphatic heterocycles. The predicted octanol–water partition coefficient (Wildman–Crippen LogP) is 3.16. The van der Waals surface area contributed by atoms with Crippen molar-refractivity contribution in [3.63, 3.8) is 0 Å². The van der Waals surface area contributed by atoms with Crippen molar-refractivity contribution in [3.8, 4) is 5.75 Å². The quantitative estimate of drug-likeness (QED) is 0.919. The molecule has 0 bridgehead atoms. The molecule has 0 spiro atoms. The smallest absolute Gasteiger partial charge is 0.141 e. The molecule has 1 aromatic carbocycles. The van der Waals surface area contributed by atoms with Crippen LogP contribution in [0.4, 0.5) is 4.39 Å². The molecule has 1 atom stereocenters. The molecule has 0 radical (unpaired) electrons. The van der Waals surface area contributed by atoms with Crippen LogP contribution in [0, 0.1) is 12.7 Å². The monoisotopic (exact) mass is 261 g/mol. The van der Waals surface area contributed by atoms with E-state index in [1.165, 1.54) is 6.07 Å². The molecule has 4 heteroatoms. The lowest BCUT2D eigenvalue weighted by Gasteiger charge is -2.14. The first kappa shape index (κ1) is 13.5. The molecule has 0 fully saturated rings. The SMILES string of the molecule is Cc1ccc([C@H](C)O)c(OCc2cncc(F)c2)c1. The molecule has 19 heavy (non-hydrogen) atoms. The van der Waals surface area contributed by atoms with Gasteiger partial charge in [0.05, 0.1) is 12.3 Å². The number of aliphatic hydroxyl groups excluding tert-OH is 1. The number of aromatic nitrogens is 1. The minimum absolute atomic E-state index is 0.216. The van der Waals surface area contributed by atoms with Crippen molar-refractivity contribution in [2.24, 2.45) is 0 Å². The number of aryl methyl sites for hydroxylation is 1. The fourth-order valence-electron chi connectivity index (χ4n) is 1.81. The van der Waals surface area contributed by atoms with Crippen LogP contribution in [0.15, 0.2) is 36.7 Å². The third-order valence-electron chi connectivity index (χ3n) is 2.78. The van der Waals surface area contributed by atoms with Gasteiger partial charge in [-0.05, 0) is 31.5 Å². The highest BCUT2D eigenvalue weighted by Crippen LogP contribution is 2.27. The van der Waals surface area contributed by atoms with Crippen molar-refractivity contribution >= 4 is 0 Å². The number of rotatable bonds is 4. The largest absolute Gasteiger partial charge is 0.488 e. The second-order valence-electron chi connectivity index (χ2n) is 4.52. The molecule has 0 amide bonds. The van der Waals surface area contributed by atoms with Crippen LogP contribution >= 0.6 is 0 Å². The summed E-state index contributed by atoms with van der Waals surface area (Å²) in [5.41, 5.74) is 2.41. The summed E-state index contributed by atoms with van der Waals surface area (Å²) in [5, 5.41) is 9.68. The number of ether oxygens (including phenoxy) is 1. The Labute approximate surface area is 111 Å². The first-order valence-electron chi connectivity index (χ1n) is 6.07. The number of hydrogen-bond acceptors (Lipinski definition) is 3. The van der Waals surface area contributed by atoms with E-state index in [1.807, 2.05) is 25.1 Å². The van der Waals surface area contributed by atoms with Gasteiger partial charge in [-0.3, -0.25) is 4.98 Å². The lowest BCUT2D eigenvalue weighted by molar-refractivity contribution is 0.190. The van der Waals surface area contributed by atoms with Gasteiger partial charge < -0.3 is 9.84 Å². The van der Waals surface area contributed by atoms with E-state index in [4.69, 9.17) is 4.74 Å². The van der Waals surface area contributed by atoms with E-state index in [0.29, 0.717) is 11.3 Å². The average Bonchev–Trinajstić information content (AvgIpc) is 2.36. The molecule has 1 heterocycles. The van der Waals surface area contributed by atoms with Gasteiger partial charge in [-0.1, -0.05) is 12.1 Å². The van der Waals surface area contributed by atoms with E-state index in [-0.39, 0.29) is 12.4 Å². The predicted molar refractivity (Wildman–Crippen MR) is 70.3 cm³/mol. The Kier molecular flexibility index (Phi) is 4.12. The topological polar surface area (TPSA) is 42.4 Å². The average molecular weight is 261 g/mol. The maximum absolute atomic E-state index is 13.0. The molecule has 0 aliphatic rings. The molecule has 3 nitrogen and oxygen atoms in total. The first-order valence-corrected chi connectivity index (χ1v) is 6.07. The fraction of sp³-hybridized carbons (Fsp3) is 0.267. The molecule has 2 aromatic rings. The van der Waals surface area contributed by atoms with Gasteiger partial charge in [0.1, 0.15) is 18.2 Å². The molecule has 100 valence electrons. The van der Waals surface area contributed by atoms with E-state index < -0.39 is 6.10 Å². The Morgan fingerprint density at radius 1 is 1.32 bits per heavy atom. The molecule has 2 rings (SSSR count). The third kappa shape index (κ3) is 3.51. The summed E-state index contributed by atoms with van der Waals surface area (Å²) in [6, 6.07) is 6.98. The summed E-state index contributed by atoms with van der Waals surface area (Å²) in [7, 11) is 0. The number of pyridine rings is 1. The number of aliphatic hydroxyl groups is 1. The van der Waals surface area contributed by atoms with E-state index in [1.54, 1.807) is 13.1 Å². The minimum atomic E-state index is -0.610. The van der Waals surface area contributed by atoms with Gasteiger partial charge in [-0.25, -0.2) is 4.39 Å². The summed E-state index contributed by atoms with van der Waals surface area (Å²) in [4.78, 5) is 3.77. The molecule has 0 saturated heterocycles. The van der Waals surface area contributed by atoms with Crippen molar-refractivity contribution in [3.05, 3.63) is 59.2 Å². The summed E-state index contributed by atoms with van der Waals surface area (Å²) in [6.45, 7) is 3.84. The highest BCUT2D eigenvalue weighted by Gasteiger charge is 2.09. The van der Waals surface area contributed by atoms with Gasteiger partial charge in [0.15, 0.2) is 0 Å². The zero-order valence-corrected chi connectivity index (χ0v) is 10.9. The molecule has 0 saturated carbocycles. The van der Waals surface area contributed by atoms with Crippen molar-refractivity contribution in [1.29, 1.82) is 0 Å². The molecule has 1 aromatic heterocycles. The van der Waals surface area contributed by atoms with Crippen molar-refractivity contribution < 1.29 is 14.2 Å². The first-order chi connectivity index (χ1) is 9.06. The van der Waals surface area contributed by atoms with Crippen LogP contribution in [0.1, 0.15) is 29.7 Å². The second-order valence-corrected chi connectivity index (χ2v) is 4.52. The number of halogens is 1. The fourth-order valence-corrected chi connectivity index (χ4v) is 1.81. The van der Waals surface area contributed by atoms with E-state index in [2.05, 4.69) is 4.98 Å². The second kappa shape index (κ2) is 5.80. The molecular weight excluding hydrogens is 245 g/mol. The Balaban J connectivity index is 2.17. The number of hydrogen-bond donors (Lipinski definition) is 1. The zero-order valence-electron chi connectivity index (χ0n) is 10.9. The van der Waals surface area contributed by atoms with Crippen LogP contribution in [0.2, 0.25) is 0 Å². The van der Waals surface area contributed by atoms with Crippen LogP contribution in [0.5, 0.6) is 5.75 Å². The molecular formula is C15H16FNO2. The highest BCUT2D eigenvalue weighted by molar-refractivity contribution is 5.38. The number of nitrogens with zero attached hydrogens (tertiary/aromatic N) is 1. The summed E-state index contributed by atoms with van der Waals surface area (Å²) < 4.78 is 18.7. The van der Waals surface area contributed by atoms with Gasteiger partial charge in [-0.15, -0.1) is 0 Å². The lowest BCUT2D eigenvalue weighted by atomic mass is 10.1. The van der Waals surface area contributed by atoms with Crippen LogP contribution in [0.3, 0.4) is 0 Å². The van der Waals surface area contributed by atoms with Crippen LogP contribution in [-0.4, -0.2) is 10.1 Å². The van der Waals surface area contributed by atoms with E-state index in [0.717, 1.165) is 17.3 Å². The molecule has 0 aliphatic carbocycles. The van der Waals surface area contributed by atoms with Crippen molar-refractivity contribution in [2.45, 2.75) is 26.6 Å². The normalized spacial score (nSPS) is 12.2. The van der Waals surface area contributed by atoms with Gasteiger partial charge >= 0.3 is 0 Å². The summed E-state index contributed by atoms with van der Waals surface area (Å²) >= 11 is 0. The van der Waals surface area contributed by atoms with E-state index in [9.17, 15) is 9.50 Å². The number of benzene rings is 1. The van der Waals surface area contributed by atoms with Crippen LogP contribution in [-0.2, 0) is 6.61 Å². The minimum Gasteiger partial charge on any atom is -0.488 e. The van der Waals surface area contributed by atoms with Gasteiger partial charge in [0.2, 0.25) is 0 Å². The van der Waals surface area contributed by atoms with E-state index >= 15 is 0 Å². The van der Waals surface area contributed by atoms with Crippen molar-refractivity contribution in [1.82, 2.24) is 4.98 Å². The van der Waals surface area contributed by atoms with Gasteiger partial charge in [0.25, 0.3) is 0 Å². The zero-order chi connectivity index (χ0) is 13.8. The Hall–Kier alpha value is -1.94. The lowest BCUT2D eigenvalue weighted by Crippen LogP contribution is -2.02. The van der Waals surface area contributed by atoms with Crippen LogP contribution in [0.25, 0.3) is 0 Å². The Morgan fingerprint density at radius 3 is 2.79 bits per heavy atom. The third-order valence-corrected chi connectivity index (χ3v) is 2.78. The van der Waals surface area contributed by atoms with Gasteiger partial charge in [-0.2, -0.15) is 0 Å². The molecule has 1 N–H and O–H groups in total. The van der Waals surface area contributed by atoms with Crippen LogP contribution < -0.4 is 4.74 Å². The Bertz CT molecular complexity index is 570. The maximum Gasteiger partial charge on any atom is 0.141 e. The highest BCUT2D eigenvalue weighted by atomic mass is 19.1. The summed E-state index contributed by atoms with van der Waals surface area (Å²) in [5.74, 6) is 0.223. The maximum atomic E-state index is 13.0. The standard InChI is InChI=1S/C15H16FNO2/c1-10-3-4-14(11(2)18)15(5-10)19-9-12-6-13(16)8-17-7-12/h3-8,11,18H,9H2,1-2H3/t11-/m0/s1. The van der Waals surface area contributed by atoms with Gasteiger partial charge in [0, 0.05) is 17.3 Å². The Morgan fingerprint density at radius 2 is 2.11 bits per heavy atom.